The molecule has 2 amide bonds. The second-order valence-corrected chi connectivity index (χ2v) is 8.08. The molecule has 8 heteroatoms. The van der Waals surface area contributed by atoms with E-state index in [1.54, 1.807) is 18.3 Å². The topological polar surface area (TPSA) is 95.5 Å². The Balaban J connectivity index is 0.00000145. The van der Waals surface area contributed by atoms with Crippen LogP contribution in [0.5, 0.6) is 5.75 Å². The number of hydrogen-bond donors (Lipinski definition) is 4. The van der Waals surface area contributed by atoms with Crippen LogP contribution in [0.25, 0.3) is 6.08 Å². The molecule has 29 heavy (non-hydrogen) atoms. The highest BCUT2D eigenvalue weighted by atomic mass is 32.1. The molecule has 1 aliphatic rings. The van der Waals surface area contributed by atoms with Crippen molar-refractivity contribution in [3.05, 3.63) is 53.4 Å². The maximum absolute atomic E-state index is 12.0. The molecule has 0 spiro atoms. The number of anilines is 2. The van der Waals surface area contributed by atoms with Gasteiger partial charge in [0.2, 0.25) is 0 Å². The van der Waals surface area contributed by atoms with Crippen molar-refractivity contribution >= 4 is 34.3 Å². The zero-order chi connectivity index (χ0) is 21.4. The van der Waals surface area contributed by atoms with Crippen molar-refractivity contribution in [1.29, 1.82) is 0 Å². The second-order valence-electron chi connectivity index (χ2n) is 7.02. The van der Waals surface area contributed by atoms with Gasteiger partial charge in [0, 0.05) is 28.4 Å². The number of aromatic hydroxyl groups is 1. The van der Waals surface area contributed by atoms with Gasteiger partial charge < -0.3 is 20.5 Å². The molecule has 0 saturated heterocycles. The molecule has 3 rings (SSSR count). The number of aromatic nitrogens is 1. The fourth-order valence-corrected chi connectivity index (χ4v) is 2.98. The average Bonchev–Trinajstić information content (AvgIpc) is 3.33. The number of phenolic OH excluding ortho intramolecular Hbond substituents is 1. The Labute approximate surface area is 175 Å². The number of amides is 2. The summed E-state index contributed by atoms with van der Waals surface area (Å²) >= 11 is 1.35. The van der Waals surface area contributed by atoms with Gasteiger partial charge in [-0.25, -0.2) is 9.78 Å². The Hall–Kier alpha value is -3.00. The van der Waals surface area contributed by atoms with E-state index in [4.69, 9.17) is 4.74 Å². The van der Waals surface area contributed by atoms with Crippen molar-refractivity contribution < 1.29 is 14.6 Å². The highest BCUT2D eigenvalue weighted by molar-refractivity contribution is 7.16. The normalized spacial score (nSPS) is 15.6. The molecule has 2 heterocycles. The van der Waals surface area contributed by atoms with E-state index in [0.717, 1.165) is 10.6 Å². The molecule has 2 aromatic rings. The van der Waals surface area contributed by atoms with Gasteiger partial charge in [0.05, 0.1) is 0 Å². The first-order valence-electron chi connectivity index (χ1n) is 9.44. The first kappa shape index (κ1) is 22.3. The number of nitrogens with one attached hydrogen (secondary N) is 3. The summed E-state index contributed by atoms with van der Waals surface area (Å²) in [5.41, 5.74) is 0.538. The Morgan fingerprint density at radius 3 is 2.55 bits per heavy atom. The molecule has 1 aromatic heterocycles. The van der Waals surface area contributed by atoms with E-state index < -0.39 is 6.03 Å². The Morgan fingerprint density at radius 1 is 1.24 bits per heavy atom. The SMILES string of the molecule is CC.CC(C)(C)C1=CNC(/C=C/c2cnc(NC(=O)Nc3ccc(O)cc3)s2)O1. The van der Waals surface area contributed by atoms with Crippen LogP contribution in [0.15, 0.2) is 48.5 Å². The largest absolute Gasteiger partial charge is 0.508 e. The standard InChI is InChI=1S/C19H22N4O3S.C2H6/c1-19(2,3)15-11-20-16(26-15)9-8-14-10-21-18(27-14)23-17(25)22-12-4-6-13(24)7-5-12;1-2/h4-11,16,20,24H,1-3H3,(H2,21,22,23,25);1-2H3/b9-8+;. The van der Waals surface area contributed by atoms with Crippen LogP contribution in [-0.4, -0.2) is 22.3 Å². The molecule has 7 nitrogen and oxygen atoms in total. The molecule has 4 N–H and O–H groups in total. The molecular formula is C21H28N4O3S. The number of ether oxygens (including phenoxy) is 1. The minimum Gasteiger partial charge on any atom is -0.508 e. The predicted octanol–water partition coefficient (Wildman–Crippen LogP) is 5.37. The summed E-state index contributed by atoms with van der Waals surface area (Å²) in [7, 11) is 0. The highest BCUT2D eigenvalue weighted by Gasteiger charge is 2.25. The van der Waals surface area contributed by atoms with Crippen molar-refractivity contribution in [2.45, 2.75) is 40.8 Å². The third kappa shape index (κ3) is 6.83. The molecule has 1 aliphatic heterocycles. The van der Waals surface area contributed by atoms with E-state index in [2.05, 4.69) is 41.7 Å². The third-order valence-corrected chi connectivity index (χ3v) is 4.55. The van der Waals surface area contributed by atoms with Crippen molar-refractivity contribution in [2.75, 3.05) is 10.6 Å². The average molecular weight is 417 g/mol. The number of thiazole rings is 1. The Morgan fingerprint density at radius 2 is 1.93 bits per heavy atom. The molecule has 0 saturated carbocycles. The summed E-state index contributed by atoms with van der Waals surface area (Å²) in [6.45, 7) is 10.3. The number of rotatable bonds is 4. The molecule has 156 valence electrons. The lowest BCUT2D eigenvalue weighted by Crippen LogP contribution is -2.19. The van der Waals surface area contributed by atoms with Gasteiger partial charge in [-0.05, 0) is 36.4 Å². The fraction of sp³-hybridized carbons (Fsp3) is 0.333. The van der Waals surface area contributed by atoms with E-state index >= 15 is 0 Å². The quantitative estimate of drug-likeness (QED) is 0.503. The lowest BCUT2D eigenvalue weighted by atomic mass is 9.95. The van der Waals surface area contributed by atoms with Crippen molar-refractivity contribution in [3.63, 3.8) is 0 Å². The zero-order valence-corrected chi connectivity index (χ0v) is 18.1. The fourth-order valence-electron chi connectivity index (χ4n) is 2.26. The predicted molar refractivity (Wildman–Crippen MR) is 119 cm³/mol. The molecule has 0 fully saturated rings. The van der Waals surface area contributed by atoms with E-state index in [1.165, 1.54) is 23.5 Å². The van der Waals surface area contributed by atoms with Crippen LogP contribution in [0.4, 0.5) is 15.6 Å². The van der Waals surface area contributed by atoms with E-state index in [1.807, 2.05) is 32.2 Å². The van der Waals surface area contributed by atoms with Gasteiger partial charge in [-0.1, -0.05) is 46.0 Å². The first-order chi connectivity index (χ1) is 13.8. The summed E-state index contributed by atoms with van der Waals surface area (Å²) in [6, 6.07) is 5.83. The highest BCUT2D eigenvalue weighted by Crippen LogP contribution is 2.29. The third-order valence-electron chi connectivity index (χ3n) is 3.68. The Bertz CT molecular complexity index is 867. The van der Waals surface area contributed by atoms with E-state index in [9.17, 15) is 9.90 Å². The van der Waals surface area contributed by atoms with E-state index in [0.29, 0.717) is 10.8 Å². The van der Waals surface area contributed by atoms with Gasteiger partial charge in [-0.15, -0.1) is 0 Å². The minimum atomic E-state index is -0.398. The first-order valence-corrected chi connectivity index (χ1v) is 10.3. The van der Waals surface area contributed by atoms with Gasteiger partial charge in [0.1, 0.15) is 11.5 Å². The van der Waals surface area contributed by atoms with Crippen LogP contribution < -0.4 is 16.0 Å². The van der Waals surface area contributed by atoms with Crippen molar-refractivity contribution in [1.82, 2.24) is 10.3 Å². The summed E-state index contributed by atoms with van der Waals surface area (Å²) in [5.74, 6) is 1.05. The van der Waals surface area contributed by atoms with Crippen LogP contribution in [0.1, 0.15) is 39.5 Å². The smallest absolute Gasteiger partial charge is 0.325 e. The van der Waals surface area contributed by atoms with Crippen LogP contribution >= 0.6 is 11.3 Å². The Kier molecular flexibility index (Phi) is 7.67. The summed E-state index contributed by atoms with van der Waals surface area (Å²) in [6.07, 6.45) is 7.17. The maximum atomic E-state index is 12.0. The monoisotopic (exact) mass is 416 g/mol. The number of urea groups is 1. The number of allylic oxidation sites excluding steroid dienone is 1. The van der Waals surface area contributed by atoms with Crippen molar-refractivity contribution in [3.8, 4) is 5.75 Å². The maximum Gasteiger partial charge on any atom is 0.325 e. The van der Waals surface area contributed by atoms with Crippen LogP contribution in [0.2, 0.25) is 0 Å². The van der Waals surface area contributed by atoms with Crippen LogP contribution in [0.3, 0.4) is 0 Å². The number of hydrogen-bond acceptors (Lipinski definition) is 6. The van der Waals surface area contributed by atoms with Gasteiger partial charge in [-0.3, -0.25) is 5.32 Å². The summed E-state index contributed by atoms with van der Waals surface area (Å²) in [5, 5.41) is 18.3. The summed E-state index contributed by atoms with van der Waals surface area (Å²) in [4.78, 5) is 17.1. The molecule has 0 bridgehead atoms. The number of phenols is 1. The van der Waals surface area contributed by atoms with Gasteiger partial charge >= 0.3 is 6.03 Å². The van der Waals surface area contributed by atoms with Gasteiger partial charge in [0.25, 0.3) is 0 Å². The number of nitrogens with zero attached hydrogens (tertiary/aromatic N) is 1. The number of carbonyl (C=O) groups is 1. The zero-order valence-electron chi connectivity index (χ0n) is 17.3. The van der Waals surface area contributed by atoms with Gasteiger partial charge in [-0.2, -0.15) is 0 Å². The molecular weight excluding hydrogens is 388 g/mol. The molecule has 0 aliphatic carbocycles. The number of carbonyl (C=O) groups excluding carboxylic acids is 1. The van der Waals surface area contributed by atoms with Crippen molar-refractivity contribution in [2.24, 2.45) is 5.41 Å². The minimum absolute atomic E-state index is 0.0397. The summed E-state index contributed by atoms with van der Waals surface area (Å²) < 4.78 is 5.84. The second kappa shape index (κ2) is 9.97. The van der Waals surface area contributed by atoms with Crippen LogP contribution in [-0.2, 0) is 4.74 Å². The number of benzene rings is 1. The molecule has 1 aromatic carbocycles. The van der Waals surface area contributed by atoms with Gasteiger partial charge in [0.15, 0.2) is 11.4 Å². The lowest BCUT2D eigenvalue weighted by molar-refractivity contribution is 0.124. The molecule has 1 unspecified atom stereocenters. The molecule has 1 atom stereocenters. The van der Waals surface area contributed by atoms with Crippen LogP contribution in [0, 0.1) is 5.41 Å². The van der Waals surface area contributed by atoms with E-state index in [-0.39, 0.29) is 17.4 Å². The lowest BCUT2D eigenvalue weighted by Gasteiger charge is -2.20. The molecule has 0 radical (unpaired) electrons.